The highest BCUT2D eigenvalue weighted by atomic mass is 35.5. The van der Waals surface area contributed by atoms with Gasteiger partial charge in [0.2, 0.25) is 0 Å². The largest absolute Gasteiger partial charge is 0.481 e. The Balaban J connectivity index is 1.93. The lowest BCUT2D eigenvalue weighted by atomic mass is 10.1. The van der Waals surface area contributed by atoms with Gasteiger partial charge in [0, 0.05) is 35.8 Å². The molecule has 0 aliphatic rings. The lowest BCUT2D eigenvalue weighted by Gasteiger charge is -2.19. The molecule has 0 heterocycles. The van der Waals surface area contributed by atoms with Crippen LogP contribution in [-0.2, 0) is 11.2 Å². The van der Waals surface area contributed by atoms with Crippen molar-refractivity contribution in [1.29, 1.82) is 0 Å². The number of carboxylic acids is 1. The van der Waals surface area contributed by atoms with Crippen LogP contribution < -0.4 is 10.6 Å². The molecule has 5 nitrogen and oxygen atoms in total. The van der Waals surface area contributed by atoms with Crippen LogP contribution >= 0.6 is 11.6 Å². The zero-order valence-corrected chi connectivity index (χ0v) is 15.7. The van der Waals surface area contributed by atoms with Crippen molar-refractivity contribution in [3.05, 3.63) is 63.9 Å². The Bertz CT molecular complexity index is 851. The number of benzene rings is 2. The van der Waals surface area contributed by atoms with Crippen molar-refractivity contribution in [3.63, 3.8) is 0 Å². The Morgan fingerprint density at radius 2 is 1.89 bits per heavy atom. The molecule has 0 fully saturated rings. The van der Waals surface area contributed by atoms with E-state index < -0.39 is 47.2 Å². The number of aliphatic carboxylic acids is 1. The standard InChI is InChI=1S/C19H20ClF3N2O3/c1-10(24-9-16(26)11-3-2-4-12(20)5-11)8-25-15-7-14(21)13(6-17(27)28)18(22)19(15)23/h2-5,7,10,16,24-26H,6,8-9H2,1H3,(H,27,28). The first-order chi connectivity index (χ1) is 13.2. The molecule has 0 radical (unpaired) electrons. The van der Waals surface area contributed by atoms with Gasteiger partial charge in [-0.2, -0.15) is 0 Å². The molecule has 2 atom stereocenters. The van der Waals surface area contributed by atoms with E-state index in [0.717, 1.165) is 6.07 Å². The molecule has 4 N–H and O–H groups in total. The second-order valence-electron chi connectivity index (χ2n) is 6.34. The van der Waals surface area contributed by atoms with Gasteiger partial charge in [0.25, 0.3) is 0 Å². The highest BCUT2D eigenvalue weighted by Crippen LogP contribution is 2.24. The van der Waals surface area contributed by atoms with Crippen molar-refractivity contribution in [3.8, 4) is 0 Å². The van der Waals surface area contributed by atoms with Gasteiger partial charge in [-0.1, -0.05) is 23.7 Å². The normalized spacial score (nSPS) is 13.2. The van der Waals surface area contributed by atoms with E-state index in [9.17, 15) is 23.1 Å². The molecule has 0 aliphatic heterocycles. The van der Waals surface area contributed by atoms with E-state index in [1.165, 1.54) is 0 Å². The Labute approximate surface area is 165 Å². The maximum atomic E-state index is 14.0. The number of hydrogen-bond acceptors (Lipinski definition) is 4. The third-order valence-corrected chi connectivity index (χ3v) is 4.31. The lowest BCUT2D eigenvalue weighted by Crippen LogP contribution is -2.35. The number of halogens is 4. The Morgan fingerprint density at radius 3 is 2.54 bits per heavy atom. The fourth-order valence-electron chi connectivity index (χ4n) is 2.55. The van der Waals surface area contributed by atoms with Gasteiger partial charge in [-0.15, -0.1) is 0 Å². The van der Waals surface area contributed by atoms with Crippen LogP contribution in [0.5, 0.6) is 0 Å². The first-order valence-electron chi connectivity index (χ1n) is 8.48. The molecule has 2 aromatic rings. The summed E-state index contributed by atoms with van der Waals surface area (Å²) < 4.78 is 41.8. The second-order valence-corrected chi connectivity index (χ2v) is 6.78. The van der Waals surface area contributed by atoms with Crippen LogP contribution in [0.1, 0.15) is 24.2 Å². The van der Waals surface area contributed by atoms with Gasteiger partial charge in [-0.25, -0.2) is 13.2 Å². The molecule has 0 spiro atoms. The van der Waals surface area contributed by atoms with Crippen LogP contribution in [0.15, 0.2) is 30.3 Å². The molecule has 0 bridgehead atoms. The molecular formula is C19H20ClF3N2O3. The highest BCUT2D eigenvalue weighted by Gasteiger charge is 2.21. The molecular weight excluding hydrogens is 397 g/mol. The Kier molecular flexibility index (Phi) is 7.68. The van der Waals surface area contributed by atoms with Gasteiger partial charge >= 0.3 is 5.97 Å². The van der Waals surface area contributed by atoms with Crippen molar-refractivity contribution >= 4 is 23.3 Å². The highest BCUT2D eigenvalue weighted by molar-refractivity contribution is 6.30. The van der Waals surface area contributed by atoms with Gasteiger partial charge < -0.3 is 20.8 Å². The number of hydrogen-bond donors (Lipinski definition) is 4. The second kappa shape index (κ2) is 9.77. The van der Waals surface area contributed by atoms with Crippen LogP contribution in [0, 0.1) is 17.5 Å². The zero-order valence-electron chi connectivity index (χ0n) is 15.0. The fourth-order valence-corrected chi connectivity index (χ4v) is 2.75. The molecule has 0 aromatic heterocycles. The van der Waals surface area contributed by atoms with E-state index in [1.54, 1.807) is 31.2 Å². The van der Waals surface area contributed by atoms with Gasteiger partial charge in [-0.3, -0.25) is 4.79 Å². The minimum Gasteiger partial charge on any atom is -0.481 e. The quantitative estimate of drug-likeness (QED) is 0.470. The monoisotopic (exact) mass is 416 g/mol. The maximum Gasteiger partial charge on any atom is 0.308 e. The average Bonchev–Trinajstić information content (AvgIpc) is 2.64. The smallest absolute Gasteiger partial charge is 0.308 e. The van der Waals surface area contributed by atoms with Crippen molar-refractivity contribution < 1.29 is 28.2 Å². The third-order valence-electron chi connectivity index (χ3n) is 4.07. The topological polar surface area (TPSA) is 81.6 Å². The van der Waals surface area contributed by atoms with Crippen molar-refractivity contribution in [2.45, 2.75) is 25.5 Å². The van der Waals surface area contributed by atoms with E-state index in [-0.39, 0.29) is 19.1 Å². The number of nitrogens with one attached hydrogen (secondary N) is 2. The van der Waals surface area contributed by atoms with E-state index >= 15 is 0 Å². The number of carbonyl (C=O) groups is 1. The molecule has 2 aromatic carbocycles. The van der Waals surface area contributed by atoms with Crippen LogP contribution in [-0.4, -0.2) is 35.3 Å². The third kappa shape index (κ3) is 5.85. The zero-order chi connectivity index (χ0) is 20.8. The minimum absolute atomic E-state index is 0.107. The molecule has 9 heteroatoms. The number of aliphatic hydroxyl groups excluding tert-OH is 1. The molecule has 152 valence electrons. The summed E-state index contributed by atoms with van der Waals surface area (Å²) in [6, 6.07) is 7.21. The molecule has 0 saturated heterocycles. The first-order valence-corrected chi connectivity index (χ1v) is 8.85. The molecule has 28 heavy (non-hydrogen) atoms. The van der Waals surface area contributed by atoms with E-state index in [1.807, 2.05) is 0 Å². The summed E-state index contributed by atoms with van der Waals surface area (Å²) in [6.07, 6.45) is -1.77. The molecule has 2 rings (SSSR count). The van der Waals surface area contributed by atoms with Gasteiger partial charge in [-0.05, 0) is 24.6 Å². The minimum atomic E-state index is -1.53. The number of anilines is 1. The summed E-state index contributed by atoms with van der Waals surface area (Å²) in [5.41, 5.74) is -0.607. The van der Waals surface area contributed by atoms with Crippen molar-refractivity contribution in [2.24, 2.45) is 0 Å². The van der Waals surface area contributed by atoms with Crippen molar-refractivity contribution in [1.82, 2.24) is 5.32 Å². The molecule has 0 aliphatic carbocycles. The summed E-state index contributed by atoms with van der Waals surface area (Å²) in [6.45, 7) is 2.03. The van der Waals surface area contributed by atoms with Gasteiger partial charge in [0.1, 0.15) is 5.82 Å². The van der Waals surface area contributed by atoms with Crippen LogP contribution in [0.3, 0.4) is 0 Å². The molecule has 2 unspecified atom stereocenters. The van der Waals surface area contributed by atoms with Crippen LogP contribution in [0.2, 0.25) is 5.02 Å². The fraction of sp³-hybridized carbons (Fsp3) is 0.316. The Morgan fingerprint density at radius 1 is 1.18 bits per heavy atom. The van der Waals surface area contributed by atoms with Gasteiger partial charge in [0.05, 0.1) is 18.2 Å². The summed E-state index contributed by atoms with van der Waals surface area (Å²) in [5.74, 6) is -5.47. The van der Waals surface area contributed by atoms with Crippen molar-refractivity contribution in [2.75, 3.05) is 18.4 Å². The van der Waals surface area contributed by atoms with E-state index in [4.69, 9.17) is 16.7 Å². The molecule has 0 saturated carbocycles. The summed E-state index contributed by atoms with van der Waals surface area (Å²) in [4.78, 5) is 10.6. The predicted molar refractivity (Wildman–Crippen MR) is 100 cm³/mol. The maximum absolute atomic E-state index is 14.0. The Hall–Kier alpha value is -2.29. The summed E-state index contributed by atoms with van der Waals surface area (Å²) >= 11 is 5.88. The molecule has 0 amide bonds. The van der Waals surface area contributed by atoms with Crippen LogP contribution in [0.4, 0.5) is 18.9 Å². The number of aliphatic hydroxyl groups is 1. The SMILES string of the molecule is CC(CNc1cc(F)c(CC(=O)O)c(F)c1F)NCC(O)c1cccc(Cl)c1. The summed E-state index contributed by atoms with van der Waals surface area (Å²) in [5, 5.41) is 24.9. The van der Waals surface area contributed by atoms with E-state index in [0.29, 0.717) is 10.6 Å². The average molecular weight is 417 g/mol. The lowest BCUT2D eigenvalue weighted by molar-refractivity contribution is -0.136. The number of rotatable bonds is 9. The summed E-state index contributed by atoms with van der Waals surface area (Å²) in [7, 11) is 0. The van der Waals surface area contributed by atoms with E-state index in [2.05, 4.69) is 10.6 Å². The number of carboxylic acid groups (broad SMARTS) is 1. The first kappa shape index (κ1) is 22.0. The van der Waals surface area contributed by atoms with Gasteiger partial charge in [0.15, 0.2) is 11.6 Å². The van der Waals surface area contributed by atoms with Crippen LogP contribution in [0.25, 0.3) is 0 Å². The predicted octanol–water partition coefficient (Wildman–Crippen LogP) is 3.51.